The Labute approximate surface area is 164 Å². The molecule has 0 aliphatic carbocycles. The summed E-state index contributed by atoms with van der Waals surface area (Å²) in [6.45, 7) is 18.0. The van der Waals surface area contributed by atoms with Crippen LogP contribution in [-0.4, -0.2) is 37.2 Å². The van der Waals surface area contributed by atoms with Crippen LogP contribution in [0.2, 0.25) is 0 Å². The highest BCUT2D eigenvalue weighted by atomic mass is 16.7. The highest BCUT2D eigenvalue weighted by molar-refractivity contribution is 5.51. The topological polar surface area (TPSA) is 55.4 Å². The van der Waals surface area contributed by atoms with Crippen molar-refractivity contribution in [3.05, 3.63) is 18.2 Å². The smallest absolute Gasteiger partial charge is 0.206 e. The van der Waals surface area contributed by atoms with E-state index in [0.717, 1.165) is 0 Å². The zero-order valence-electron chi connectivity index (χ0n) is 18.3. The maximum Gasteiger partial charge on any atom is 0.206 e. The Hall–Kier alpha value is -1.50. The summed E-state index contributed by atoms with van der Waals surface area (Å²) in [5.41, 5.74) is -0.919. The van der Waals surface area contributed by atoms with E-state index in [1.54, 1.807) is 12.1 Å². The minimum atomic E-state index is -0.318. The van der Waals surface area contributed by atoms with Crippen molar-refractivity contribution >= 4 is 0 Å². The van der Waals surface area contributed by atoms with E-state index in [0.29, 0.717) is 17.2 Å². The Morgan fingerprint density at radius 2 is 0.889 bits per heavy atom. The average molecular weight is 385 g/mol. The molecule has 0 bridgehead atoms. The lowest BCUT2D eigenvalue weighted by Gasteiger charge is -2.24. The summed E-state index contributed by atoms with van der Waals surface area (Å²) in [7, 11) is 0. The lowest BCUT2D eigenvalue weighted by Crippen LogP contribution is -2.24. The molecule has 0 N–H and O–H groups in total. The Bertz CT molecular complexity index is 525. The second-order valence-electron chi connectivity index (χ2n) is 9.14. The molecule has 0 amide bonds. The molecule has 27 heavy (non-hydrogen) atoms. The lowest BCUT2D eigenvalue weighted by atomic mass is 10.2. The van der Waals surface area contributed by atoms with Crippen LogP contribution in [0.5, 0.6) is 17.2 Å². The van der Waals surface area contributed by atoms with Gasteiger partial charge in [-0.2, -0.15) is 0 Å². The zero-order valence-corrected chi connectivity index (χ0v) is 18.3. The van der Waals surface area contributed by atoms with Crippen molar-refractivity contribution in [3.63, 3.8) is 0 Å². The maximum absolute atomic E-state index is 5.83. The normalized spacial score (nSPS) is 12.8. The molecule has 0 saturated heterocycles. The van der Waals surface area contributed by atoms with Crippen LogP contribution in [0.15, 0.2) is 18.2 Å². The van der Waals surface area contributed by atoms with E-state index in [4.69, 9.17) is 28.4 Å². The average Bonchev–Trinajstić information content (AvgIpc) is 2.45. The number of para-hydroxylation sites is 1. The van der Waals surface area contributed by atoms with Gasteiger partial charge in [0, 0.05) is 0 Å². The number of hydrogen-bond acceptors (Lipinski definition) is 6. The largest absolute Gasteiger partial charge is 0.463 e. The third kappa shape index (κ3) is 11.1. The van der Waals surface area contributed by atoms with Gasteiger partial charge in [-0.1, -0.05) is 6.07 Å². The molecule has 0 aromatic heterocycles. The van der Waals surface area contributed by atoms with E-state index in [-0.39, 0.29) is 37.2 Å². The molecule has 0 unspecified atom stereocenters. The summed E-state index contributed by atoms with van der Waals surface area (Å²) in [4.78, 5) is 0. The van der Waals surface area contributed by atoms with Gasteiger partial charge in [-0.25, -0.2) is 0 Å². The number of rotatable bonds is 9. The van der Waals surface area contributed by atoms with Gasteiger partial charge in [-0.15, -0.1) is 0 Å². The van der Waals surface area contributed by atoms with Gasteiger partial charge in [0.05, 0.1) is 16.8 Å². The molecule has 156 valence electrons. The Morgan fingerprint density at radius 3 is 1.22 bits per heavy atom. The van der Waals surface area contributed by atoms with Gasteiger partial charge in [0.1, 0.15) is 0 Å². The molecule has 0 radical (unpaired) electrons. The van der Waals surface area contributed by atoms with E-state index < -0.39 is 0 Å². The minimum absolute atomic E-state index is 0.0699. The predicted molar refractivity (Wildman–Crippen MR) is 105 cm³/mol. The summed E-state index contributed by atoms with van der Waals surface area (Å²) in [5, 5.41) is 0. The van der Waals surface area contributed by atoms with Crippen LogP contribution in [0.3, 0.4) is 0 Å². The lowest BCUT2D eigenvalue weighted by molar-refractivity contribution is -0.0909. The molecule has 0 fully saturated rings. The Kier molecular flexibility index (Phi) is 8.39. The monoisotopic (exact) mass is 384 g/mol. The van der Waals surface area contributed by atoms with Gasteiger partial charge in [-0.3, -0.25) is 0 Å². The highest BCUT2D eigenvalue weighted by Gasteiger charge is 2.18. The summed E-state index contributed by atoms with van der Waals surface area (Å²) in [6.07, 6.45) is 0. The maximum atomic E-state index is 5.83. The van der Waals surface area contributed by atoms with E-state index in [2.05, 4.69) is 0 Å². The summed E-state index contributed by atoms with van der Waals surface area (Å²) in [5.74, 6) is 1.49. The molecular weight excluding hydrogens is 348 g/mol. The molecule has 6 nitrogen and oxygen atoms in total. The third-order valence-corrected chi connectivity index (χ3v) is 3.05. The molecule has 0 aliphatic heterocycles. The van der Waals surface area contributed by atoms with Crippen molar-refractivity contribution in [1.82, 2.24) is 0 Å². The second-order valence-corrected chi connectivity index (χ2v) is 9.14. The summed E-state index contributed by atoms with van der Waals surface area (Å²) >= 11 is 0. The first-order valence-corrected chi connectivity index (χ1v) is 9.20. The van der Waals surface area contributed by atoms with Crippen LogP contribution in [0.1, 0.15) is 62.3 Å². The van der Waals surface area contributed by atoms with Gasteiger partial charge in [0.2, 0.25) is 5.75 Å². The van der Waals surface area contributed by atoms with Crippen molar-refractivity contribution in [3.8, 4) is 17.2 Å². The molecule has 1 aromatic carbocycles. The fourth-order valence-corrected chi connectivity index (χ4v) is 1.67. The minimum Gasteiger partial charge on any atom is -0.463 e. The Balaban J connectivity index is 2.87. The molecule has 0 saturated carbocycles. The summed E-state index contributed by atoms with van der Waals surface area (Å²) < 4.78 is 34.3. The quantitative estimate of drug-likeness (QED) is 0.550. The van der Waals surface area contributed by atoms with Crippen LogP contribution in [0.25, 0.3) is 0 Å². The first kappa shape index (κ1) is 23.5. The van der Waals surface area contributed by atoms with Crippen LogP contribution in [0.4, 0.5) is 0 Å². The SMILES string of the molecule is CC(C)(C)OCOc1cccc(OCOC(C)(C)C)c1OCOC(C)(C)C. The first-order chi connectivity index (χ1) is 12.3. The fraction of sp³-hybridized carbons (Fsp3) is 0.714. The van der Waals surface area contributed by atoms with Crippen molar-refractivity contribution in [2.45, 2.75) is 79.1 Å². The molecule has 0 atom stereocenters. The van der Waals surface area contributed by atoms with Crippen molar-refractivity contribution in [2.75, 3.05) is 20.4 Å². The van der Waals surface area contributed by atoms with Gasteiger partial charge in [0.15, 0.2) is 31.9 Å². The van der Waals surface area contributed by atoms with Crippen LogP contribution in [-0.2, 0) is 14.2 Å². The number of ether oxygens (including phenoxy) is 6. The van der Waals surface area contributed by atoms with Crippen LogP contribution in [0, 0.1) is 0 Å². The molecule has 0 spiro atoms. The number of benzene rings is 1. The van der Waals surface area contributed by atoms with E-state index in [9.17, 15) is 0 Å². The predicted octanol–water partition coefficient (Wildman–Crippen LogP) is 5.14. The van der Waals surface area contributed by atoms with E-state index >= 15 is 0 Å². The van der Waals surface area contributed by atoms with Crippen LogP contribution < -0.4 is 14.2 Å². The van der Waals surface area contributed by atoms with Gasteiger partial charge in [0.25, 0.3) is 0 Å². The zero-order chi connectivity index (χ0) is 20.7. The van der Waals surface area contributed by atoms with Crippen LogP contribution >= 0.6 is 0 Å². The van der Waals surface area contributed by atoms with Crippen molar-refractivity contribution in [1.29, 1.82) is 0 Å². The molecule has 0 heterocycles. The molecule has 6 heteroatoms. The van der Waals surface area contributed by atoms with E-state index in [1.165, 1.54) is 0 Å². The van der Waals surface area contributed by atoms with Crippen molar-refractivity contribution in [2.24, 2.45) is 0 Å². The molecular formula is C21H36O6. The van der Waals surface area contributed by atoms with Gasteiger partial charge < -0.3 is 28.4 Å². The second kappa shape index (κ2) is 9.62. The van der Waals surface area contributed by atoms with E-state index in [1.807, 2.05) is 68.4 Å². The molecule has 1 aromatic rings. The molecule has 1 rings (SSSR count). The molecule has 0 aliphatic rings. The first-order valence-electron chi connectivity index (χ1n) is 9.20. The van der Waals surface area contributed by atoms with Gasteiger partial charge in [-0.05, 0) is 74.4 Å². The number of hydrogen-bond donors (Lipinski definition) is 0. The van der Waals surface area contributed by atoms with Crippen molar-refractivity contribution < 1.29 is 28.4 Å². The Morgan fingerprint density at radius 1 is 0.556 bits per heavy atom. The standard InChI is InChI=1S/C21H36O6/c1-19(2,3)25-13-22-16-11-10-12-17(23-14-26-20(4,5)6)18(16)24-15-27-21(7,8)9/h10-12H,13-15H2,1-9H3. The third-order valence-electron chi connectivity index (χ3n) is 3.05. The highest BCUT2D eigenvalue weighted by Crippen LogP contribution is 2.38. The summed E-state index contributed by atoms with van der Waals surface area (Å²) in [6, 6.07) is 5.43. The fourth-order valence-electron chi connectivity index (χ4n) is 1.67. The van der Waals surface area contributed by atoms with Gasteiger partial charge >= 0.3 is 0 Å².